The molecular weight excluding hydrogens is 271 g/mol. The van der Waals surface area contributed by atoms with Crippen molar-refractivity contribution in [2.45, 2.75) is 12.2 Å². The van der Waals surface area contributed by atoms with Crippen molar-refractivity contribution in [1.29, 1.82) is 0 Å². The molecule has 0 saturated heterocycles. The molecule has 2 rings (SSSR count). The summed E-state index contributed by atoms with van der Waals surface area (Å²) >= 11 is 0. The maximum absolute atomic E-state index is 13.0. The van der Waals surface area contributed by atoms with Crippen LogP contribution in [0.5, 0.6) is 0 Å². The molecule has 1 unspecified atom stereocenters. The van der Waals surface area contributed by atoms with Crippen LogP contribution in [0.4, 0.5) is 19.0 Å². The molecule has 0 amide bonds. The van der Waals surface area contributed by atoms with Crippen LogP contribution in [0, 0.1) is 0 Å². The molecule has 5 N–H and O–H groups in total. The van der Waals surface area contributed by atoms with Crippen LogP contribution >= 0.6 is 0 Å². The van der Waals surface area contributed by atoms with Gasteiger partial charge in [-0.25, -0.2) is 5.43 Å². The molecule has 0 saturated carbocycles. The Bertz CT molecular complexity index is 605. The first-order valence-corrected chi connectivity index (χ1v) is 5.76. The largest absolute Gasteiger partial charge is 0.416 e. The Morgan fingerprint density at radius 1 is 1.25 bits per heavy atom. The van der Waals surface area contributed by atoms with Gasteiger partial charge in [-0.15, -0.1) is 0 Å². The molecule has 0 aliphatic heterocycles. The third kappa shape index (κ3) is 2.47. The molecule has 20 heavy (non-hydrogen) atoms. The minimum Gasteiger partial charge on any atom is -0.384 e. The van der Waals surface area contributed by atoms with Crippen molar-refractivity contribution in [3.8, 4) is 0 Å². The minimum absolute atomic E-state index is 0.00204. The van der Waals surface area contributed by atoms with Crippen LogP contribution < -0.4 is 17.0 Å². The van der Waals surface area contributed by atoms with Crippen LogP contribution in [0.2, 0.25) is 0 Å². The van der Waals surface area contributed by atoms with E-state index in [2.05, 4.69) is 10.5 Å². The summed E-state index contributed by atoms with van der Waals surface area (Å²) in [4.78, 5) is 0. The summed E-state index contributed by atoms with van der Waals surface area (Å²) in [6.07, 6.45) is -3.07. The zero-order valence-electron chi connectivity index (χ0n) is 10.6. The van der Waals surface area contributed by atoms with E-state index in [4.69, 9.17) is 11.6 Å². The third-order valence-corrected chi connectivity index (χ3v) is 3.07. The Balaban J connectivity index is 2.56. The van der Waals surface area contributed by atoms with E-state index in [9.17, 15) is 13.2 Å². The predicted molar refractivity (Wildman–Crippen MR) is 68.2 cm³/mol. The molecule has 5 nitrogen and oxygen atoms in total. The normalized spacial score (nSPS) is 13.4. The van der Waals surface area contributed by atoms with E-state index in [0.29, 0.717) is 5.56 Å². The quantitative estimate of drug-likeness (QED) is 0.590. The number of hydrazine groups is 1. The van der Waals surface area contributed by atoms with Gasteiger partial charge in [0.05, 0.1) is 17.8 Å². The second kappa shape index (κ2) is 5.14. The lowest BCUT2D eigenvalue weighted by molar-refractivity contribution is -0.138. The molecule has 1 heterocycles. The summed E-state index contributed by atoms with van der Waals surface area (Å²) in [5, 5.41) is 3.92. The molecule has 0 aliphatic rings. The van der Waals surface area contributed by atoms with Crippen molar-refractivity contribution in [2.75, 3.05) is 5.73 Å². The third-order valence-electron chi connectivity index (χ3n) is 3.07. The van der Waals surface area contributed by atoms with Crippen molar-refractivity contribution < 1.29 is 13.2 Å². The van der Waals surface area contributed by atoms with Crippen LogP contribution in [0.3, 0.4) is 0 Å². The zero-order valence-corrected chi connectivity index (χ0v) is 10.6. The summed E-state index contributed by atoms with van der Waals surface area (Å²) in [5.41, 5.74) is 7.81. The average Bonchev–Trinajstić information content (AvgIpc) is 2.72. The first-order valence-electron chi connectivity index (χ1n) is 5.76. The molecule has 2 aromatic rings. The predicted octanol–water partition coefficient (Wildman–Crippen LogP) is 1.57. The lowest BCUT2D eigenvalue weighted by Gasteiger charge is -2.20. The van der Waals surface area contributed by atoms with Crippen LogP contribution in [-0.4, -0.2) is 9.78 Å². The SMILES string of the molecule is Cn1ncc(C(NN)c2ccccc2C(F)(F)F)c1N. The molecule has 1 aromatic heterocycles. The number of aromatic nitrogens is 2. The van der Waals surface area contributed by atoms with Crippen LogP contribution in [0.15, 0.2) is 30.5 Å². The number of hydrogen-bond acceptors (Lipinski definition) is 4. The van der Waals surface area contributed by atoms with Crippen LogP contribution in [-0.2, 0) is 13.2 Å². The lowest BCUT2D eigenvalue weighted by atomic mass is 9.96. The van der Waals surface area contributed by atoms with Crippen molar-refractivity contribution in [3.63, 3.8) is 0 Å². The highest BCUT2D eigenvalue weighted by molar-refractivity contribution is 5.47. The lowest BCUT2D eigenvalue weighted by Crippen LogP contribution is -2.31. The number of nitrogens with two attached hydrogens (primary N) is 2. The number of hydrogen-bond donors (Lipinski definition) is 3. The van der Waals surface area contributed by atoms with Crippen molar-refractivity contribution in [3.05, 3.63) is 47.2 Å². The van der Waals surface area contributed by atoms with E-state index in [1.54, 1.807) is 7.05 Å². The van der Waals surface area contributed by atoms with Crippen molar-refractivity contribution in [1.82, 2.24) is 15.2 Å². The van der Waals surface area contributed by atoms with E-state index >= 15 is 0 Å². The maximum Gasteiger partial charge on any atom is 0.416 e. The van der Waals surface area contributed by atoms with E-state index in [1.165, 1.54) is 29.1 Å². The zero-order chi connectivity index (χ0) is 14.9. The summed E-state index contributed by atoms with van der Waals surface area (Å²) in [7, 11) is 1.60. The van der Waals surface area contributed by atoms with Gasteiger partial charge in [-0.3, -0.25) is 10.5 Å². The maximum atomic E-state index is 13.0. The molecule has 108 valence electrons. The van der Waals surface area contributed by atoms with Gasteiger partial charge < -0.3 is 5.73 Å². The van der Waals surface area contributed by atoms with Gasteiger partial charge in [0.25, 0.3) is 0 Å². The number of nitrogen functional groups attached to an aromatic ring is 1. The highest BCUT2D eigenvalue weighted by Gasteiger charge is 2.35. The number of alkyl halides is 3. The average molecular weight is 285 g/mol. The van der Waals surface area contributed by atoms with Crippen molar-refractivity contribution >= 4 is 5.82 Å². The Hall–Kier alpha value is -2.06. The second-order valence-corrected chi connectivity index (χ2v) is 4.29. The summed E-state index contributed by atoms with van der Waals surface area (Å²) in [5.74, 6) is 5.67. The van der Waals surface area contributed by atoms with Gasteiger partial charge in [-0.2, -0.15) is 18.3 Å². The number of benzene rings is 1. The van der Waals surface area contributed by atoms with Gasteiger partial charge in [-0.05, 0) is 11.6 Å². The number of nitrogens with one attached hydrogen (secondary N) is 1. The smallest absolute Gasteiger partial charge is 0.384 e. The summed E-state index contributed by atoms with van der Waals surface area (Å²) in [6, 6.07) is 4.32. The summed E-state index contributed by atoms with van der Waals surface area (Å²) < 4.78 is 40.5. The monoisotopic (exact) mass is 285 g/mol. The van der Waals surface area contributed by atoms with Gasteiger partial charge in [0.2, 0.25) is 0 Å². The molecule has 0 fully saturated rings. The molecule has 1 atom stereocenters. The molecule has 0 bridgehead atoms. The Kier molecular flexibility index (Phi) is 3.69. The number of nitrogens with zero attached hydrogens (tertiary/aromatic N) is 2. The molecule has 0 radical (unpaired) electrons. The molecule has 0 aliphatic carbocycles. The van der Waals surface area contributed by atoms with Crippen LogP contribution in [0.25, 0.3) is 0 Å². The number of anilines is 1. The fraction of sp³-hybridized carbons (Fsp3) is 0.250. The van der Waals surface area contributed by atoms with Gasteiger partial charge >= 0.3 is 6.18 Å². The molecule has 8 heteroatoms. The van der Waals surface area contributed by atoms with E-state index < -0.39 is 17.8 Å². The van der Waals surface area contributed by atoms with Crippen molar-refractivity contribution in [2.24, 2.45) is 12.9 Å². The van der Waals surface area contributed by atoms with Gasteiger partial charge in [-0.1, -0.05) is 18.2 Å². The first kappa shape index (κ1) is 14.4. The highest BCUT2D eigenvalue weighted by atomic mass is 19.4. The van der Waals surface area contributed by atoms with E-state index in [-0.39, 0.29) is 11.4 Å². The van der Waals surface area contributed by atoms with Crippen LogP contribution in [0.1, 0.15) is 22.7 Å². The van der Waals surface area contributed by atoms with Gasteiger partial charge in [0.1, 0.15) is 5.82 Å². The molecule has 1 aromatic carbocycles. The van der Waals surface area contributed by atoms with Gasteiger partial charge in [0.15, 0.2) is 0 Å². The fourth-order valence-corrected chi connectivity index (χ4v) is 2.04. The number of aryl methyl sites for hydroxylation is 1. The standard InChI is InChI=1S/C12H14F3N5/c1-20-11(16)8(6-18-20)10(19-17)7-4-2-3-5-9(7)12(13,14)15/h2-6,10,19H,16-17H2,1H3. The second-order valence-electron chi connectivity index (χ2n) is 4.29. The van der Waals surface area contributed by atoms with E-state index in [0.717, 1.165) is 6.07 Å². The molecule has 0 spiro atoms. The first-order chi connectivity index (χ1) is 9.36. The fourth-order valence-electron chi connectivity index (χ4n) is 2.04. The Morgan fingerprint density at radius 3 is 2.40 bits per heavy atom. The highest BCUT2D eigenvalue weighted by Crippen LogP contribution is 2.37. The number of halogens is 3. The summed E-state index contributed by atoms with van der Waals surface area (Å²) in [6.45, 7) is 0. The number of rotatable bonds is 3. The Morgan fingerprint density at radius 2 is 1.90 bits per heavy atom. The van der Waals surface area contributed by atoms with Gasteiger partial charge in [0, 0.05) is 12.6 Å². The molecular formula is C12H14F3N5. The van der Waals surface area contributed by atoms with E-state index in [1.807, 2.05) is 0 Å². The Labute approximate surface area is 113 Å². The minimum atomic E-state index is -4.47. The topological polar surface area (TPSA) is 81.9 Å².